The Balaban J connectivity index is 1.69. The van der Waals surface area contributed by atoms with Gasteiger partial charge in [0.05, 0.1) is 6.42 Å². The lowest BCUT2D eigenvalue weighted by atomic mass is 10.1. The van der Waals surface area contributed by atoms with Crippen molar-refractivity contribution in [1.82, 2.24) is 0 Å². The second kappa shape index (κ2) is 9.14. The second-order valence-electron chi connectivity index (χ2n) is 6.22. The van der Waals surface area contributed by atoms with E-state index in [1.807, 2.05) is 66.9 Å². The van der Waals surface area contributed by atoms with Crippen LogP contribution in [0.2, 0.25) is 0 Å². The first-order chi connectivity index (χ1) is 13.1. The molecule has 2 aromatic carbocycles. The number of benzene rings is 2. The number of rotatable bonds is 7. The Labute approximate surface area is 162 Å². The van der Waals surface area contributed by atoms with Gasteiger partial charge in [0, 0.05) is 16.1 Å². The summed E-state index contributed by atoms with van der Waals surface area (Å²) < 4.78 is 5.55. The van der Waals surface area contributed by atoms with Gasteiger partial charge in [-0.05, 0) is 36.9 Å². The van der Waals surface area contributed by atoms with Gasteiger partial charge in [0.15, 0.2) is 0 Å². The number of esters is 1. The van der Waals surface area contributed by atoms with Crippen molar-refractivity contribution in [3.63, 3.8) is 0 Å². The highest BCUT2D eigenvalue weighted by atomic mass is 32.1. The zero-order valence-corrected chi connectivity index (χ0v) is 15.9. The highest BCUT2D eigenvalue weighted by Crippen LogP contribution is 2.22. The van der Waals surface area contributed by atoms with Crippen LogP contribution in [0.3, 0.4) is 0 Å². The highest BCUT2D eigenvalue weighted by molar-refractivity contribution is 7.09. The second-order valence-corrected chi connectivity index (χ2v) is 7.25. The number of hydrogen-bond donors (Lipinski definition) is 1. The molecule has 0 bridgehead atoms. The number of ether oxygens (including phenoxy) is 1. The molecule has 0 spiro atoms. The molecule has 0 radical (unpaired) electrons. The Hall–Kier alpha value is -2.92. The third-order valence-corrected chi connectivity index (χ3v) is 5.00. The van der Waals surface area contributed by atoms with E-state index in [9.17, 15) is 9.59 Å². The molecule has 0 saturated heterocycles. The van der Waals surface area contributed by atoms with Crippen molar-refractivity contribution < 1.29 is 14.3 Å². The average Bonchev–Trinajstić information content (AvgIpc) is 3.20. The summed E-state index contributed by atoms with van der Waals surface area (Å²) in [4.78, 5) is 26.2. The molecule has 1 aromatic heterocycles. The van der Waals surface area contributed by atoms with Crippen molar-refractivity contribution >= 4 is 28.9 Å². The first-order valence-corrected chi connectivity index (χ1v) is 9.64. The predicted molar refractivity (Wildman–Crippen MR) is 108 cm³/mol. The lowest BCUT2D eigenvalue weighted by Crippen LogP contribution is -2.26. The standard InChI is InChI=1S/C22H21NO3S/c1-16-9-11-18(12-10-16)23-22(25)21(17-6-3-2-4-7-17)26-20(24)14-13-19-8-5-15-27-19/h2-12,15,21H,13-14H2,1H3,(H,23,25)/t21-/m1/s1. The summed E-state index contributed by atoms with van der Waals surface area (Å²) in [5, 5.41) is 4.80. The van der Waals surface area contributed by atoms with Crippen LogP contribution >= 0.6 is 11.3 Å². The fourth-order valence-electron chi connectivity index (χ4n) is 2.62. The SMILES string of the molecule is Cc1ccc(NC(=O)[C@H](OC(=O)CCc2cccs2)c2ccccc2)cc1. The molecule has 1 amide bonds. The van der Waals surface area contributed by atoms with E-state index in [1.54, 1.807) is 23.5 Å². The Morgan fingerprint density at radius 2 is 1.74 bits per heavy atom. The maximum Gasteiger partial charge on any atom is 0.307 e. The van der Waals surface area contributed by atoms with Crippen molar-refractivity contribution in [2.45, 2.75) is 25.9 Å². The van der Waals surface area contributed by atoms with Crippen LogP contribution in [-0.4, -0.2) is 11.9 Å². The van der Waals surface area contributed by atoms with Gasteiger partial charge in [-0.2, -0.15) is 0 Å². The van der Waals surface area contributed by atoms with Gasteiger partial charge in [-0.25, -0.2) is 0 Å². The van der Waals surface area contributed by atoms with Gasteiger partial charge in [0.2, 0.25) is 6.10 Å². The van der Waals surface area contributed by atoms with Crippen LogP contribution in [0.1, 0.15) is 28.5 Å². The number of aryl methyl sites for hydroxylation is 2. The smallest absolute Gasteiger partial charge is 0.307 e. The molecule has 0 saturated carbocycles. The van der Waals surface area contributed by atoms with Gasteiger partial charge in [0.25, 0.3) is 5.91 Å². The summed E-state index contributed by atoms with van der Waals surface area (Å²) in [6.45, 7) is 1.98. The van der Waals surface area contributed by atoms with E-state index >= 15 is 0 Å². The molecular formula is C22H21NO3S. The molecule has 3 aromatic rings. The maximum atomic E-state index is 12.8. The van der Waals surface area contributed by atoms with Gasteiger partial charge < -0.3 is 10.1 Å². The van der Waals surface area contributed by atoms with Gasteiger partial charge in [-0.3, -0.25) is 9.59 Å². The summed E-state index contributed by atoms with van der Waals surface area (Å²) in [5.74, 6) is -0.758. The van der Waals surface area contributed by atoms with Crippen LogP contribution in [0.5, 0.6) is 0 Å². The molecular weight excluding hydrogens is 358 g/mol. The number of carbonyl (C=O) groups excluding carboxylic acids is 2. The van der Waals surface area contributed by atoms with E-state index in [0.717, 1.165) is 10.4 Å². The zero-order chi connectivity index (χ0) is 19.1. The van der Waals surface area contributed by atoms with Crippen LogP contribution in [-0.2, 0) is 20.7 Å². The summed E-state index contributed by atoms with van der Waals surface area (Å²) in [7, 11) is 0. The number of carbonyl (C=O) groups is 2. The number of thiophene rings is 1. The summed E-state index contributed by atoms with van der Waals surface area (Å²) in [5.41, 5.74) is 2.42. The van der Waals surface area contributed by atoms with Crippen LogP contribution in [0.4, 0.5) is 5.69 Å². The van der Waals surface area contributed by atoms with Crippen molar-refractivity contribution in [3.05, 3.63) is 88.1 Å². The van der Waals surface area contributed by atoms with Gasteiger partial charge in [-0.1, -0.05) is 54.1 Å². The molecule has 27 heavy (non-hydrogen) atoms. The first kappa shape index (κ1) is 18.9. The normalized spacial score (nSPS) is 11.6. The van der Waals surface area contributed by atoms with E-state index in [1.165, 1.54) is 0 Å². The molecule has 4 nitrogen and oxygen atoms in total. The molecule has 0 unspecified atom stereocenters. The fourth-order valence-corrected chi connectivity index (χ4v) is 3.32. The van der Waals surface area contributed by atoms with Crippen molar-refractivity contribution in [3.8, 4) is 0 Å². The molecule has 3 rings (SSSR count). The monoisotopic (exact) mass is 379 g/mol. The van der Waals surface area contributed by atoms with E-state index in [0.29, 0.717) is 17.7 Å². The van der Waals surface area contributed by atoms with Crippen LogP contribution < -0.4 is 5.32 Å². The Kier molecular flexibility index (Phi) is 6.39. The minimum absolute atomic E-state index is 0.238. The van der Waals surface area contributed by atoms with E-state index < -0.39 is 12.1 Å². The molecule has 0 aliphatic rings. The average molecular weight is 379 g/mol. The van der Waals surface area contributed by atoms with Crippen molar-refractivity contribution in [1.29, 1.82) is 0 Å². The summed E-state index contributed by atoms with van der Waals surface area (Å²) in [6.07, 6.45) is -0.137. The van der Waals surface area contributed by atoms with E-state index in [2.05, 4.69) is 5.32 Å². The summed E-state index contributed by atoms with van der Waals surface area (Å²) in [6, 6.07) is 20.5. The topological polar surface area (TPSA) is 55.4 Å². The number of hydrogen-bond acceptors (Lipinski definition) is 4. The van der Waals surface area contributed by atoms with Crippen LogP contribution in [0, 0.1) is 6.92 Å². The van der Waals surface area contributed by atoms with Crippen LogP contribution in [0.25, 0.3) is 0 Å². The Bertz CT molecular complexity index is 874. The third kappa shape index (κ3) is 5.53. The molecule has 5 heteroatoms. The van der Waals surface area contributed by atoms with Gasteiger partial charge in [-0.15, -0.1) is 11.3 Å². The zero-order valence-electron chi connectivity index (χ0n) is 15.1. The molecule has 138 valence electrons. The lowest BCUT2D eigenvalue weighted by molar-refractivity contribution is -0.154. The highest BCUT2D eigenvalue weighted by Gasteiger charge is 2.25. The summed E-state index contributed by atoms with van der Waals surface area (Å²) >= 11 is 1.60. The molecule has 0 fully saturated rings. The van der Waals surface area contributed by atoms with Crippen molar-refractivity contribution in [2.24, 2.45) is 0 Å². The minimum atomic E-state index is -0.983. The van der Waals surface area contributed by atoms with E-state index in [4.69, 9.17) is 4.74 Å². The molecule has 1 heterocycles. The largest absolute Gasteiger partial charge is 0.447 e. The van der Waals surface area contributed by atoms with Gasteiger partial charge in [0.1, 0.15) is 0 Å². The van der Waals surface area contributed by atoms with E-state index in [-0.39, 0.29) is 12.3 Å². The maximum absolute atomic E-state index is 12.8. The fraction of sp³-hybridized carbons (Fsp3) is 0.182. The quantitative estimate of drug-likeness (QED) is 0.593. The lowest BCUT2D eigenvalue weighted by Gasteiger charge is -2.18. The minimum Gasteiger partial charge on any atom is -0.447 e. The molecule has 0 aliphatic heterocycles. The van der Waals surface area contributed by atoms with Crippen molar-refractivity contribution in [2.75, 3.05) is 5.32 Å². The molecule has 1 atom stereocenters. The third-order valence-electron chi connectivity index (χ3n) is 4.06. The number of anilines is 1. The number of amides is 1. The molecule has 1 N–H and O–H groups in total. The molecule has 0 aliphatic carbocycles. The Morgan fingerprint density at radius 3 is 2.41 bits per heavy atom. The number of nitrogens with one attached hydrogen (secondary N) is 1. The Morgan fingerprint density at radius 1 is 1.00 bits per heavy atom. The predicted octanol–water partition coefficient (Wildman–Crippen LogP) is 4.91. The van der Waals surface area contributed by atoms with Crippen LogP contribution in [0.15, 0.2) is 72.1 Å². The van der Waals surface area contributed by atoms with Gasteiger partial charge >= 0.3 is 5.97 Å². The first-order valence-electron chi connectivity index (χ1n) is 8.76.